The predicted molar refractivity (Wildman–Crippen MR) is 78.6 cm³/mol. The van der Waals surface area contributed by atoms with E-state index in [-0.39, 0.29) is 0 Å². The highest BCUT2D eigenvalue weighted by Crippen LogP contribution is 2.22. The standard InChI is InChI=1S/C11H14N2OS.C2H2O4/c1-13(2)7-8-15-11-12-9-5-3-4-6-10(9)14-11;3-1(4)2(5)6/h3-6H,7-8H2,1-2H3;(H,3,4)(H,5,6). The van der Waals surface area contributed by atoms with Crippen molar-refractivity contribution in [3.8, 4) is 0 Å². The van der Waals surface area contributed by atoms with Crippen LogP contribution in [0.2, 0.25) is 0 Å². The molecule has 0 saturated heterocycles. The zero-order valence-electron chi connectivity index (χ0n) is 11.6. The number of hydrogen-bond acceptors (Lipinski definition) is 6. The summed E-state index contributed by atoms with van der Waals surface area (Å²) in [6.07, 6.45) is 0. The monoisotopic (exact) mass is 312 g/mol. The number of carboxylic acids is 2. The van der Waals surface area contributed by atoms with Crippen LogP contribution in [0.25, 0.3) is 11.1 Å². The molecule has 0 amide bonds. The predicted octanol–water partition coefficient (Wildman–Crippen LogP) is 1.64. The molecule has 2 aromatic rings. The fraction of sp³-hybridized carbons (Fsp3) is 0.308. The van der Waals surface area contributed by atoms with E-state index < -0.39 is 11.9 Å². The molecule has 0 bridgehead atoms. The Morgan fingerprint density at radius 1 is 1.24 bits per heavy atom. The first kappa shape index (κ1) is 17.0. The highest BCUT2D eigenvalue weighted by atomic mass is 32.2. The normalized spacial score (nSPS) is 10.2. The van der Waals surface area contributed by atoms with Crippen molar-refractivity contribution in [2.75, 3.05) is 26.4 Å². The Morgan fingerprint density at radius 3 is 2.38 bits per heavy atom. The number of carbonyl (C=O) groups is 2. The molecule has 2 rings (SSSR count). The van der Waals surface area contributed by atoms with Gasteiger partial charge in [0, 0.05) is 12.3 Å². The largest absolute Gasteiger partial charge is 0.473 e. The Labute approximate surface area is 125 Å². The van der Waals surface area contributed by atoms with Crippen LogP contribution in [0.5, 0.6) is 0 Å². The van der Waals surface area contributed by atoms with Crippen LogP contribution in [0.15, 0.2) is 33.9 Å². The molecule has 7 nitrogen and oxygen atoms in total. The summed E-state index contributed by atoms with van der Waals surface area (Å²) >= 11 is 1.66. The summed E-state index contributed by atoms with van der Waals surface area (Å²) < 4.78 is 5.58. The van der Waals surface area contributed by atoms with E-state index in [1.54, 1.807) is 11.8 Å². The second-order valence-electron chi connectivity index (χ2n) is 4.21. The van der Waals surface area contributed by atoms with Gasteiger partial charge < -0.3 is 19.5 Å². The van der Waals surface area contributed by atoms with Crippen LogP contribution >= 0.6 is 11.8 Å². The minimum atomic E-state index is -1.82. The smallest absolute Gasteiger partial charge is 0.414 e. The fourth-order valence-electron chi connectivity index (χ4n) is 1.23. The maximum absolute atomic E-state index is 9.10. The number of aliphatic carboxylic acids is 2. The summed E-state index contributed by atoms with van der Waals surface area (Å²) in [4.78, 5) is 24.7. The molecule has 2 N–H and O–H groups in total. The number of thioether (sulfide) groups is 1. The van der Waals surface area contributed by atoms with Gasteiger partial charge in [0.1, 0.15) is 5.52 Å². The van der Waals surface area contributed by atoms with Gasteiger partial charge in [-0.15, -0.1) is 0 Å². The Kier molecular flexibility index (Phi) is 6.70. The zero-order valence-corrected chi connectivity index (χ0v) is 12.5. The highest BCUT2D eigenvalue weighted by Gasteiger charge is 2.05. The lowest BCUT2D eigenvalue weighted by Gasteiger charge is -2.06. The molecule has 0 saturated carbocycles. The topological polar surface area (TPSA) is 104 Å². The van der Waals surface area contributed by atoms with E-state index in [4.69, 9.17) is 24.2 Å². The van der Waals surface area contributed by atoms with Crippen molar-refractivity contribution in [2.45, 2.75) is 5.22 Å². The molecule has 0 radical (unpaired) electrons. The van der Waals surface area contributed by atoms with Gasteiger partial charge in [0.05, 0.1) is 0 Å². The first-order chi connectivity index (χ1) is 9.90. The van der Waals surface area contributed by atoms with Gasteiger partial charge in [0.15, 0.2) is 5.58 Å². The third-order valence-corrected chi connectivity index (χ3v) is 3.03. The van der Waals surface area contributed by atoms with Gasteiger partial charge in [-0.1, -0.05) is 23.9 Å². The maximum atomic E-state index is 9.10. The number of fused-ring (bicyclic) bond motifs is 1. The summed E-state index contributed by atoms with van der Waals surface area (Å²) in [6, 6.07) is 7.84. The molecule has 1 aromatic heterocycles. The van der Waals surface area contributed by atoms with Gasteiger partial charge in [-0.25, -0.2) is 14.6 Å². The lowest BCUT2D eigenvalue weighted by molar-refractivity contribution is -0.159. The Hall–Kier alpha value is -2.06. The van der Waals surface area contributed by atoms with Crippen molar-refractivity contribution in [3.63, 3.8) is 0 Å². The summed E-state index contributed by atoms with van der Waals surface area (Å²) in [5.41, 5.74) is 1.80. The molecule has 0 aliphatic heterocycles. The minimum absolute atomic E-state index is 0.762. The van der Waals surface area contributed by atoms with Crippen molar-refractivity contribution >= 4 is 34.8 Å². The van der Waals surface area contributed by atoms with Gasteiger partial charge in [-0.3, -0.25) is 0 Å². The van der Waals surface area contributed by atoms with Crippen LogP contribution in [0.4, 0.5) is 0 Å². The molecule has 1 heterocycles. The van der Waals surface area contributed by atoms with Crippen molar-refractivity contribution in [1.29, 1.82) is 0 Å². The molecule has 8 heteroatoms. The Morgan fingerprint density at radius 2 is 1.86 bits per heavy atom. The molecule has 0 fully saturated rings. The summed E-state index contributed by atoms with van der Waals surface area (Å²) in [5.74, 6) is -2.65. The van der Waals surface area contributed by atoms with Crippen LogP contribution in [0.3, 0.4) is 0 Å². The molecular formula is C13H16N2O5S. The van der Waals surface area contributed by atoms with Gasteiger partial charge in [-0.2, -0.15) is 0 Å². The average Bonchev–Trinajstić information content (AvgIpc) is 2.81. The maximum Gasteiger partial charge on any atom is 0.414 e. The fourth-order valence-corrected chi connectivity index (χ4v) is 2.17. The molecule has 0 unspecified atom stereocenters. The molecule has 1 aromatic carbocycles. The van der Waals surface area contributed by atoms with E-state index in [1.807, 2.05) is 24.3 Å². The third kappa shape index (κ3) is 6.28. The molecular weight excluding hydrogens is 296 g/mol. The Bertz CT molecular complexity index is 566. The van der Waals surface area contributed by atoms with E-state index in [0.717, 1.165) is 28.6 Å². The van der Waals surface area contributed by atoms with E-state index in [1.165, 1.54) is 0 Å². The minimum Gasteiger partial charge on any atom is -0.473 e. The van der Waals surface area contributed by atoms with E-state index >= 15 is 0 Å². The summed E-state index contributed by atoms with van der Waals surface area (Å²) in [7, 11) is 4.12. The van der Waals surface area contributed by atoms with Crippen LogP contribution in [0.1, 0.15) is 0 Å². The van der Waals surface area contributed by atoms with Gasteiger partial charge >= 0.3 is 11.9 Å². The third-order valence-electron chi connectivity index (χ3n) is 2.22. The number of carboxylic acid groups (broad SMARTS) is 2. The lowest BCUT2D eigenvalue weighted by atomic mass is 10.3. The average molecular weight is 312 g/mol. The van der Waals surface area contributed by atoms with Gasteiger partial charge in [0.25, 0.3) is 5.22 Å². The van der Waals surface area contributed by atoms with Gasteiger partial charge in [0.2, 0.25) is 0 Å². The number of benzene rings is 1. The second kappa shape index (κ2) is 8.28. The van der Waals surface area contributed by atoms with Crippen LogP contribution in [0, 0.1) is 0 Å². The van der Waals surface area contributed by atoms with Crippen molar-refractivity contribution in [3.05, 3.63) is 24.3 Å². The zero-order chi connectivity index (χ0) is 15.8. The van der Waals surface area contributed by atoms with Crippen LogP contribution in [-0.2, 0) is 9.59 Å². The number of hydrogen-bond donors (Lipinski definition) is 2. The van der Waals surface area contributed by atoms with E-state index in [0.29, 0.717) is 0 Å². The van der Waals surface area contributed by atoms with Crippen molar-refractivity contribution in [2.24, 2.45) is 0 Å². The SMILES string of the molecule is CN(C)CCSc1nc2ccccc2o1.O=C(O)C(=O)O. The molecule has 0 spiro atoms. The van der Waals surface area contributed by atoms with Crippen molar-refractivity contribution in [1.82, 2.24) is 9.88 Å². The second-order valence-corrected chi connectivity index (χ2v) is 5.26. The molecule has 0 aliphatic rings. The molecule has 21 heavy (non-hydrogen) atoms. The van der Waals surface area contributed by atoms with Crippen LogP contribution in [-0.4, -0.2) is 58.4 Å². The quantitative estimate of drug-likeness (QED) is 0.648. The van der Waals surface area contributed by atoms with E-state index in [9.17, 15) is 0 Å². The first-order valence-electron chi connectivity index (χ1n) is 5.99. The van der Waals surface area contributed by atoms with Gasteiger partial charge in [-0.05, 0) is 26.2 Å². The number of aromatic nitrogens is 1. The number of nitrogens with zero attached hydrogens (tertiary/aromatic N) is 2. The molecule has 0 aliphatic carbocycles. The lowest BCUT2D eigenvalue weighted by Crippen LogP contribution is -2.14. The Balaban J connectivity index is 0.000000315. The summed E-state index contributed by atoms with van der Waals surface area (Å²) in [5, 5.41) is 15.5. The van der Waals surface area contributed by atoms with Crippen LogP contribution < -0.4 is 0 Å². The number of oxazole rings is 1. The van der Waals surface area contributed by atoms with E-state index in [2.05, 4.69) is 24.0 Å². The highest BCUT2D eigenvalue weighted by molar-refractivity contribution is 7.99. The molecule has 114 valence electrons. The number of para-hydroxylation sites is 2. The first-order valence-corrected chi connectivity index (χ1v) is 6.98. The molecule has 0 atom stereocenters. The number of rotatable bonds is 4. The van der Waals surface area contributed by atoms with Crippen molar-refractivity contribution < 1.29 is 24.2 Å². The summed E-state index contributed by atoms with van der Waals surface area (Å²) in [6.45, 7) is 1.03.